The van der Waals surface area contributed by atoms with Gasteiger partial charge in [-0.05, 0) is 67.1 Å². The van der Waals surface area contributed by atoms with Crippen LogP contribution in [0.15, 0.2) is 36.4 Å². The molecule has 118 valence electrons. The molecule has 4 N–H and O–H groups in total. The van der Waals surface area contributed by atoms with Crippen LogP contribution in [0.2, 0.25) is 0 Å². The quantitative estimate of drug-likeness (QED) is 0.769. The number of nitrogens with one attached hydrogen (secondary N) is 2. The molecule has 3 heteroatoms. The maximum absolute atomic E-state index is 5.98. The number of fused-ring (bicyclic) bond motifs is 1. The van der Waals surface area contributed by atoms with E-state index in [0.29, 0.717) is 12.1 Å². The molecule has 3 rings (SSSR count). The molecule has 1 fully saturated rings. The van der Waals surface area contributed by atoms with Crippen LogP contribution >= 0.6 is 0 Å². The molecular formula is C19H27N3. The highest BCUT2D eigenvalue weighted by Gasteiger charge is 2.18. The van der Waals surface area contributed by atoms with E-state index in [0.717, 1.165) is 25.8 Å². The minimum atomic E-state index is 0.406. The van der Waals surface area contributed by atoms with Crippen molar-refractivity contribution in [2.24, 2.45) is 5.73 Å². The predicted octanol–water partition coefficient (Wildman–Crippen LogP) is 4.34. The lowest BCUT2D eigenvalue weighted by Crippen LogP contribution is -2.32. The number of benzene rings is 2. The molecule has 1 aliphatic rings. The molecule has 0 unspecified atom stereocenters. The first-order valence-electron chi connectivity index (χ1n) is 8.54. The third-order valence-electron chi connectivity index (χ3n) is 4.56. The zero-order valence-electron chi connectivity index (χ0n) is 13.4. The van der Waals surface area contributed by atoms with Crippen LogP contribution in [0.4, 0.5) is 11.4 Å². The van der Waals surface area contributed by atoms with Crippen molar-refractivity contribution in [3.63, 3.8) is 0 Å². The van der Waals surface area contributed by atoms with Crippen molar-refractivity contribution >= 4 is 22.1 Å². The van der Waals surface area contributed by atoms with Gasteiger partial charge in [0.15, 0.2) is 0 Å². The zero-order valence-corrected chi connectivity index (χ0v) is 13.4. The van der Waals surface area contributed by atoms with Crippen LogP contribution in [-0.4, -0.2) is 18.6 Å². The Morgan fingerprint density at radius 2 is 1.59 bits per heavy atom. The number of hydrogen-bond donors (Lipinski definition) is 3. The molecule has 1 saturated carbocycles. The standard InChI is InChI=1S/C19H27N3/c1-2-11-21-18-7-3-15-13-19(8-4-14(15)12-18)22-17-9-5-16(20)6-10-17/h3-4,7-8,12-13,16-17,21-22H,2,5-6,9-11,20H2,1H3. The highest BCUT2D eigenvalue weighted by atomic mass is 14.9. The first-order valence-corrected chi connectivity index (χ1v) is 8.54. The summed E-state index contributed by atoms with van der Waals surface area (Å²) in [4.78, 5) is 0. The summed E-state index contributed by atoms with van der Waals surface area (Å²) in [6.45, 7) is 3.21. The van der Waals surface area contributed by atoms with Crippen molar-refractivity contribution in [3.8, 4) is 0 Å². The molecule has 0 heterocycles. The number of nitrogens with two attached hydrogens (primary N) is 1. The Balaban J connectivity index is 1.70. The van der Waals surface area contributed by atoms with E-state index in [-0.39, 0.29) is 0 Å². The molecule has 0 bridgehead atoms. The third kappa shape index (κ3) is 3.72. The SMILES string of the molecule is CCCNc1ccc2cc(NC3CCC(N)CC3)ccc2c1. The lowest BCUT2D eigenvalue weighted by molar-refractivity contribution is 0.411. The van der Waals surface area contributed by atoms with E-state index in [1.54, 1.807) is 0 Å². The fourth-order valence-electron chi connectivity index (χ4n) is 3.21. The molecule has 0 atom stereocenters. The molecule has 2 aromatic carbocycles. The van der Waals surface area contributed by atoms with E-state index < -0.39 is 0 Å². The van der Waals surface area contributed by atoms with Gasteiger partial charge >= 0.3 is 0 Å². The van der Waals surface area contributed by atoms with Crippen molar-refractivity contribution < 1.29 is 0 Å². The Kier molecular flexibility index (Phi) is 4.84. The second kappa shape index (κ2) is 7.01. The summed E-state index contributed by atoms with van der Waals surface area (Å²) < 4.78 is 0. The van der Waals surface area contributed by atoms with Crippen molar-refractivity contribution in [2.75, 3.05) is 17.2 Å². The van der Waals surface area contributed by atoms with Gasteiger partial charge in [0.1, 0.15) is 0 Å². The van der Waals surface area contributed by atoms with Crippen LogP contribution in [0.5, 0.6) is 0 Å². The number of hydrogen-bond acceptors (Lipinski definition) is 3. The molecule has 3 nitrogen and oxygen atoms in total. The highest BCUT2D eigenvalue weighted by molar-refractivity contribution is 5.88. The summed E-state index contributed by atoms with van der Waals surface area (Å²) in [6, 6.07) is 14.2. The molecule has 0 aliphatic heterocycles. The molecule has 0 aromatic heterocycles. The molecule has 1 aliphatic carbocycles. The molecule has 2 aromatic rings. The van der Waals surface area contributed by atoms with Gasteiger partial charge in [0.05, 0.1) is 0 Å². The normalized spacial score (nSPS) is 21.7. The van der Waals surface area contributed by atoms with E-state index in [1.165, 1.54) is 35.0 Å². The minimum absolute atomic E-state index is 0.406. The fourth-order valence-corrected chi connectivity index (χ4v) is 3.21. The fraction of sp³-hybridized carbons (Fsp3) is 0.474. The summed E-state index contributed by atoms with van der Waals surface area (Å²) in [7, 11) is 0. The molecule has 0 radical (unpaired) electrons. The largest absolute Gasteiger partial charge is 0.385 e. The van der Waals surface area contributed by atoms with Gasteiger partial charge in [-0.15, -0.1) is 0 Å². The Bertz CT molecular complexity index is 615. The average molecular weight is 297 g/mol. The minimum Gasteiger partial charge on any atom is -0.385 e. The first kappa shape index (κ1) is 15.2. The van der Waals surface area contributed by atoms with Crippen molar-refractivity contribution in [1.82, 2.24) is 0 Å². The predicted molar refractivity (Wildman–Crippen MR) is 96.6 cm³/mol. The van der Waals surface area contributed by atoms with Crippen LogP contribution in [0.1, 0.15) is 39.0 Å². The molecule has 0 saturated heterocycles. The van der Waals surface area contributed by atoms with Gasteiger partial charge in [0.25, 0.3) is 0 Å². The zero-order chi connectivity index (χ0) is 15.4. The van der Waals surface area contributed by atoms with Crippen molar-refractivity contribution in [3.05, 3.63) is 36.4 Å². The summed E-state index contributed by atoms with van der Waals surface area (Å²) in [5.41, 5.74) is 8.41. The Labute approximate surface area is 133 Å². The Hall–Kier alpha value is -1.74. The average Bonchev–Trinajstić information content (AvgIpc) is 2.55. The second-order valence-electron chi connectivity index (χ2n) is 6.46. The summed E-state index contributed by atoms with van der Waals surface area (Å²) in [6.07, 6.45) is 5.78. The van der Waals surface area contributed by atoms with Crippen molar-refractivity contribution in [1.29, 1.82) is 0 Å². The highest BCUT2D eigenvalue weighted by Crippen LogP contribution is 2.25. The summed E-state index contributed by atoms with van der Waals surface area (Å²) in [5, 5.41) is 9.70. The smallest absolute Gasteiger partial charge is 0.0348 e. The Morgan fingerprint density at radius 1 is 0.955 bits per heavy atom. The van der Waals surface area contributed by atoms with E-state index in [4.69, 9.17) is 5.73 Å². The van der Waals surface area contributed by atoms with Crippen LogP contribution < -0.4 is 16.4 Å². The van der Waals surface area contributed by atoms with Crippen LogP contribution in [-0.2, 0) is 0 Å². The van der Waals surface area contributed by atoms with E-state index >= 15 is 0 Å². The van der Waals surface area contributed by atoms with E-state index in [1.807, 2.05) is 0 Å². The lowest BCUT2D eigenvalue weighted by atomic mass is 9.91. The van der Waals surface area contributed by atoms with Gasteiger partial charge in [0, 0.05) is 30.0 Å². The Morgan fingerprint density at radius 3 is 2.27 bits per heavy atom. The summed E-state index contributed by atoms with van der Waals surface area (Å²) >= 11 is 0. The number of rotatable bonds is 5. The lowest BCUT2D eigenvalue weighted by Gasteiger charge is -2.27. The van der Waals surface area contributed by atoms with Crippen LogP contribution in [0.25, 0.3) is 10.8 Å². The first-order chi connectivity index (χ1) is 10.7. The molecule has 0 spiro atoms. The number of anilines is 2. The van der Waals surface area contributed by atoms with Gasteiger partial charge < -0.3 is 16.4 Å². The topological polar surface area (TPSA) is 50.1 Å². The van der Waals surface area contributed by atoms with Gasteiger partial charge in [-0.2, -0.15) is 0 Å². The maximum atomic E-state index is 5.98. The second-order valence-corrected chi connectivity index (χ2v) is 6.46. The monoisotopic (exact) mass is 297 g/mol. The molecule has 0 amide bonds. The van der Waals surface area contributed by atoms with Gasteiger partial charge in [-0.25, -0.2) is 0 Å². The summed E-state index contributed by atoms with van der Waals surface area (Å²) in [5.74, 6) is 0. The van der Waals surface area contributed by atoms with Crippen LogP contribution in [0.3, 0.4) is 0 Å². The van der Waals surface area contributed by atoms with Gasteiger partial charge in [-0.1, -0.05) is 19.1 Å². The molecule has 22 heavy (non-hydrogen) atoms. The van der Waals surface area contributed by atoms with E-state index in [2.05, 4.69) is 54.0 Å². The van der Waals surface area contributed by atoms with Gasteiger partial charge in [0.2, 0.25) is 0 Å². The molecular weight excluding hydrogens is 270 g/mol. The van der Waals surface area contributed by atoms with Crippen LogP contribution in [0, 0.1) is 0 Å². The third-order valence-corrected chi connectivity index (χ3v) is 4.56. The van der Waals surface area contributed by atoms with Gasteiger partial charge in [-0.3, -0.25) is 0 Å². The maximum Gasteiger partial charge on any atom is 0.0348 e. The van der Waals surface area contributed by atoms with Crippen molar-refractivity contribution in [2.45, 2.75) is 51.1 Å². The van der Waals surface area contributed by atoms with E-state index in [9.17, 15) is 0 Å².